The van der Waals surface area contributed by atoms with E-state index in [0.717, 1.165) is 11.0 Å². The van der Waals surface area contributed by atoms with Gasteiger partial charge in [-0.25, -0.2) is 13.6 Å². The zero-order valence-corrected chi connectivity index (χ0v) is 11.5. The van der Waals surface area contributed by atoms with Crippen molar-refractivity contribution in [1.82, 2.24) is 0 Å². The zero-order chi connectivity index (χ0) is 14.7. The van der Waals surface area contributed by atoms with Crippen LogP contribution >= 0.6 is 11.8 Å². The highest BCUT2D eigenvalue weighted by Gasteiger charge is 2.08. The maximum atomic E-state index is 13.0. The predicted octanol–water partition coefficient (Wildman–Crippen LogP) is 4.26. The van der Waals surface area contributed by atoms with E-state index in [1.165, 1.54) is 23.9 Å². The Labute approximate surface area is 119 Å². The number of aryl methyl sites for hydroxylation is 1. The van der Waals surface area contributed by atoms with Gasteiger partial charge in [-0.05, 0) is 42.3 Å². The Hall–Kier alpha value is -1.88. The molecule has 1 N–H and O–H groups in total. The first-order valence-electron chi connectivity index (χ1n) is 5.87. The molecule has 0 amide bonds. The average molecular weight is 294 g/mol. The molecule has 0 atom stereocenters. The molecule has 0 unspecified atom stereocenters. The van der Waals surface area contributed by atoms with Crippen LogP contribution in [-0.4, -0.2) is 11.1 Å². The summed E-state index contributed by atoms with van der Waals surface area (Å²) in [5.74, 6) is -1.84. The van der Waals surface area contributed by atoms with Crippen LogP contribution in [0.2, 0.25) is 0 Å². The largest absolute Gasteiger partial charge is 0.478 e. The van der Waals surface area contributed by atoms with Crippen LogP contribution in [0.5, 0.6) is 0 Å². The second-order valence-corrected chi connectivity index (χ2v) is 5.40. The highest BCUT2D eigenvalue weighted by Crippen LogP contribution is 2.25. The summed E-state index contributed by atoms with van der Waals surface area (Å²) < 4.78 is 26.1. The standard InChI is InChI=1S/C15H12F2O2S/c1-9-2-3-13(7-14(9)15(18)19)20-8-10-4-11(16)6-12(17)5-10/h2-7H,8H2,1H3,(H,18,19). The van der Waals surface area contributed by atoms with Gasteiger partial charge in [0.05, 0.1) is 5.56 Å². The first-order chi connectivity index (χ1) is 9.45. The number of benzene rings is 2. The molecular weight excluding hydrogens is 282 g/mol. The topological polar surface area (TPSA) is 37.3 Å². The van der Waals surface area contributed by atoms with E-state index < -0.39 is 17.6 Å². The van der Waals surface area contributed by atoms with E-state index in [9.17, 15) is 13.6 Å². The Kier molecular flexibility index (Phi) is 4.39. The molecule has 2 rings (SSSR count). The lowest BCUT2D eigenvalue weighted by atomic mass is 10.1. The van der Waals surface area contributed by atoms with Crippen molar-refractivity contribution in [2.24, 2.45) is 0 Å². The second-order valence-electron chi connectivity index (χ2n) is 4.35. The Morgan fingerprint density at radius 2 is 1.80 bits per heavy atom. The summed E-state index contributed by atoms with van der Waals surface area (Å²) in [7, 11) is 0. The number of hydrogen-bond donors (Lipinski definition) is 1. The average Bonchev–Trinajstić information content (AvgIpc) is 2.36. The molecule has 20 heavy (non-hydrogen) atoms. The van der Waals surface area contributed by atoms with Gasteiger partial charge in [0.1, 0.15) is 11.6 Å². The van der Waals surface area contributed by atoms with Crippen LogP contribution in [0.25, 0.3) is 0 Å². The maximum Gasteiger partial charge on any atom is 0.335 e. The molecule has 0 saturated heterocycles. The fraction of sp³-hybridized carbons (Fsp3) is 0.133. The van der Waals surface area contributed by atoms with Gasteiger partial charge in [-0.3, -0.25) is 0 Å². The summed E-state index contributed by atoms with van der Waals surface area (Å²) in [6.07, 6.45) is 0. The number of rotatable bonds is 4. The van der Waals surface area contributed by atoms with Crippen LogP contribution in [0.15, 0.2) is 41.3 Å². The van der Waals surface area contributed by atoms with Crippen molar-refractivity contribution < 1.29 is 18.7 Å². The van der Waals surface area contributed by atoms with Crippen molar-refractivity contribution >= 4 is 17.7 Å². The smallest absolute Gasteiger partial charge is 0.335 e. The van der Waals surface area contributed by atoms with E-state index in [0.29, 0.717) is 16.9 Å². The van der Waals surface area contributed by atoms with Gasteiger partial charge in [-0.15, -0.1) is 11.8 Å². The summed E-state index contributed by atoms with van der Waals surface area (Å²) in [6.45, 7) is 1.72. The molecule has 0 radical (unpaired) electrons. The van der Waals surface area contributed by atoms with Crippen molar-refractivity contribution in [2.75, 3.05) is 0 Å². The number of aromatic carboxylic acids is 1. The van der Waals surface area contributed by atoms with Gasteiger partial charge in [0.15, 0.2) is 0 Å². The van der Waals surface area contributed by atoms with Crippen molar-refractivity contribution in [3.63, 3.8) is 0 Å². The highest BCUT2D eigenvalue weighted by atomic mass is 32.2. The molecule has 0 saturated carbocycles. The maximum absolute atomic E-state index is 13.0. The Morgan fingerprint density at radius 1 is 1.15 bits per heavy atom. The summed E-state index contributed by atoms with van der Waals surface area (Å²) in [5, 5.41) is 9.04. The molecular formula is C15H12F2O2S. The van der Waals surface area contributed by atoms with E-state index in [-0.39, 0.29) is 5.56 Å². The third kappa shape index (κ3) is 3.57. The molecule has 104 valence electrons. The molecule has 2 nitrogen and oxygen atoms in total. The number of thioether (sulfide) groups is 1. The number of carbonyl (C=O) groups is 1. The Balaban J connectivity index is 2.14. The van der Waals surface area contributed by atoms with Crippen LogP contribution in [0.4, 0.5) is 8.78 Å². The quantitative estimate of drug-likeness (QED) is 0.856. The molecule has 0 heterocycles. The third-order valence-corrected chi connectivity index (χ3v) is 3.83. The summed E-state index contributed by atoms with van der Waals surface area (Å²) in [4.78, 5) is 11.8. The number of carboxylic acid groups (broad SMARTS) is 1. The number of halogens is 2. The van der Waals surface area contributed by atoms with E-state index >= 15 is 0 Å². The van der Waals surface area contributed by atoms with Crippen LogP contribution in [0.3, 0.4) is 0 Å². The SMILES string of the molecule is Cc1ccc(SCc2cc(F)cc(F)c2)cc1C(=O)O. The fourth-order valence-electron chi connectivity index (χ4n) is 1.78. The van der Waals surface area contributed by atoms with E-state index in [1.54, 1.807) is 25.1 Å². The number of hydrogen-bond acceptors (Lipinski definition) is 2. The molecule has 0 aromatic heterocycles. The number of carboxylic acids is 1. The third-order valence-electron chi connectivity index (χ3n) is 2.77. The van der Waals surface area contributed by atoms with E-state index in [1.807, 2.05) is 0 Å². The minimum atomic E-state index is -0.984. The summed E-state index contributed by atoms with van der Waals surface area (Å²) in [5.41, 5.74) is 1.43. The van der Waals surface area contributed by atoms with Crippen molar-refractivity contribution in [3.8, 4) is 0 Å². The van der Waals surface area contributed by atoms with E-state index in [4.69, 9.17) is 5.11 Å². The van der Waals surface area contributed by atoms with Gasteiger partial charge in [0.25, 0.3) is 0 Å². The van der Waals surface area contributed by atoms with Gasteiger partial charge in [-0.2, -0.15) is 0 Å². The van der Waals surface area contributed by atoms with Gasteiger partial charge in [0.2, 0.25) is 0 Å². The molecule has 0 aliphatic carbocycles. The zero-order valence-electron chi connectivity index (χ0n) is 10.7. The van der Waals surface area contributed by atoms with Crippen molar-refractivity contribution in [3.05, 3.63) is 64.7 Å². The minimum Gasteiger partial charge on any atom is -0.478 e. The van der Waals surface area contributed by atoms with Gasteiger partial charge in [0, 0.05) is 16.7 Å². The molecule has 2 aromatic rings. The summed E-state index contributed by atoms with van der Waals surface area (Å²) in [6, 6.07) is 8.44. The highest BCUT2D eigenvalue weighted by molar-refractivity contribution is 7.98. The molecule has 0 bridgehead atoms. The molecule has 0 fully saturated rings. The van der Waals surface area contributed by atoms with Crippen molar-refractivity contribution in [2.45, 2.75) is 17.6 Å². The Bertz CT molecular complexity index is 636. The molecule has 5 heteroatoms. The van der Waals surface area contributed by atoms with Crippen molar-refractivity contribution in [1.29, 1.82) is 0 Å². The van der Waals surface area contributed by atoms with E-state index in [2.05, 4.69) is 0 Å². The van der Waals surface area contributed by atoms with Crippen LogP contribution in [0.1, 0.15) is 21.5 Å². The van der Waals surface area contributed by atoms with Crippen LogP contribution in [0, 0.1) is 18.6 Å². The summed E-state index contributed by atoms with van der Waals surface area (Å²) >= 11 is 1.33. The Morgan fingerprint density at radius 3 is 2.40 bits per heavy atom. The van der Waals surface area contributed by atoms with Gasteiger partial charge in [-0.1, -0.05) is 6.07 Å². The first kappa shape index (κ1) is 14.5. The molecule has 0 aliphatic rings. The lowest BCUT2D eigenvalue weighted by Crippen LogP contribution is -1.99. The monoisotopic (exact) mass is 294 g/mol. The molecule has 0 spiro atoms. The fourth-order valence-corrected chi connectivity index (χ4v) is 2.65. The second kappa shape index (κ2) is 6.05. The predicted molar refractivity (Wildman–Crippen MR) is 74.1 cm³/mol. The van der Waals surface area contributed by atoms with Crippen LogP contribution < -0.4 is 0 Å². The lowest BCUT2D eigenvalue weighted by molar-refractivity contribution is 0.0696. The molecule has 2 aromatic carbocycles. The van der Waals surface area contributed by atoms with Gasteiger partial charge >= 0.3 is 5.97 Å². The normalized spacial score (nSPS) is 10.6. The molecule has 0 aliphatic heterocycles. The van der Waals surface area contributed by atoms with Crippen LogP contribution in [-0.2, 0) is 5.75 Å². The lowest BCUT2D eigenvalue weighted by Gasteiger charge is -2.06. The minimum absolute atomic E-state index is 0.237. The first-order valence-corrected chi connectivity index (χ1v) is 6.86. The van der Waals surface area contributed by atoms with Gasteiger partial charge < -0.3 is 5.11 Å².